The van der Waals surface area contributed by atoms with Crippen LogP contribution in [-0.2, 0) is 9.47 Å². The first-order valence-corrected chi connectivity index (χ1v) is 14.8. The minimum absolute atomic E-state index is 0.0669. The van der Waals surface area contributed by atoms with Crippen LogP contribution in [-0.4, -0.2) is 13.2 Å². The number of hydrogen-bond donors (Lipinski definition) is 0. The highest BCUT2D eigenvalue weighted by Gasteiger charge is 2.31. The summed E-state index contributed by atoms with van der Waals surface area (Å²) >= 11 is 0. The zero-order valence-corrected chi connectivity index (χ0v) is 22.9. The van der Waals surface area contributed by atoms with E-state index >= 15 is 4.39 Å². The fourth-order valence-corrected chi connectivity index (χ4v) is 6.79. The van der Waals surface area contributed by atoms with Crippen LogP contribution in [0.1, 0.15) is 106 Å². The second-order valence-electron chi connectivity index (χ2n) is 11.8. The molecule has 0 spiro atoms. The number of ether oxygens (including phenoxy) is 2. The van der Waals surface area contributed by atoms with Crippen LogP contribution in [0.3, 0.4) is 0 Å². The molecule has 2 aromatic carbocycles. The molecule has 0 radical (unpaired) electrons. The Morgan fingerprint density at radius 3 is 2.08 bits per heavy atom. The number of halogens is 4. The van der Waals surface area contributed by atoms with Crippen LogP contribution in [0.15, 0.2) is 36.4 Å². The first-order valence-electron chi connectivity index (χ1n) is 14.8. The summed E-state index contributed by atoms with van der Waals surface area (Å²) in [6.45, 7) is 3.51. The van der Waals surface area contributed by atoms with E-state index in [2.05, 4.69) is 13.0 Å². The van der Waals surface area contributed by atoms with E-state index in [-0.39, 0.29) is 11.7 Å². The van der Waals surface area contributed by atoms with Crippen LogP contribution in [0.5, 0.6) is 0 Å². The van der Waals surface area contributed by atoms with Crippen molar-refractivity contribution in [2.75, 3.05) is 13.2 Å². The molecule has 2 fully saturated rings. The fraction of sp³-hybridized carbons (Fsp3) is 0.576. The number of benzene rings is 2. The van der Waals surface area contributed by atoms with Crippen LogP contribution in [0.2, 0.25) is 0 Å². The molecule has 0 bridgehead atoms. The number of allylic oxidation sites excluding steroid dienone is 2. The third kappa shape index (κ3) is 6.77. The van der Waals surface area contributed by atoms with Gasteiger partial charge in [0.2, 0.25) is 0 Å². The minimum Gasteiger partial charge on any atom is -0.348 e. The normalized spacial score (nSPS) is 27.8. The Labute approximate surface area is 229 Å². The molecule has 2 aromatic rings. The van der Waals surface area contributed by atoms with Gasteiger partial charge in [0.25, 0.3) is 0 Å². The van der Waals surface area contributed by atoms with Gasteiger partial charge in [-0.2, -0.15) is 0 Å². The Balaban J connectivity index is 1.12. The first kappa shape index (κ1) is 28.4. The van der Waals surface area contributed by atoms with Crippen molar-refractivity contribution >= 4 is 5.57 Å². The number of rotatable bonds is 8. The Bertz CT molecular complexity index is 1120. The Hall–Kier alpha value is -2.18. The predicted molar refractivity (Wildman–Crippen MR) is 145 cm³/mol. The summed E-state index contributed by atoms with van der Waals surface area (Å²) in [4.78, 5) is 0. The van der Waals surface area contributed by atoms with E-state index in [1.807, 2.05) is 12.1 Å². The van der Waals surface area contributed by atoms with E-state index < -0.39 is 23.7 Å². The average molecular weight is 545 g/mol. The zero-order chi connectivity index (χ0) is 27.4. The van der Waals surface area contributed by atoms with Gasteiger partial charge in [0.05, 0.1) is 13.2 Å². The molecule has 1 heterocycles. The van der Waals surface area contributed by atoms with Gasteiger partial charge in [-0.05, 0) is 98.5 Å². The summed E-state index contributed by atoms with van der Waals surface area (Å²) in [5.41, 5.74) is 3.01. The van der Waals surface area contributed by atoms with Gasteiger partial charge in [-0.25, -0.2) is 17.6 Å². The third-order valence-electron chi connectivity index (χ3n) is 9.16. The summed E-state index contributed by atoms with van der Waals surface area (Å²) in [7, 11) is 0. The summed E-state index contributed by atoms with van der Waals surface area (Å²) in [5, 5.41) is 0. The van der Waals surface area contributed by atoms with E-state index in [1.54, 1.807) is 6.07 Å². The standard InChI is InChI=1S/C33H40F4O2/c1-2-3-4-5-21-19-38-33(39-20-21)26-14-15-28(29(34)16-26)25-12-10-23(11-13-25)22-6-8-24(9-7-22)27-17-30(35)32(37)31(36)18-27/h12,14-18,21-24,33H,2-11,13,19-20H2,1H3. The Kier molecular flexibility index (Phi) is 9.44. The highest BCUT2D eigenvalue weighted by atomic mass is 19.2. The van der Waals surface area contributed by atoms with Crippen molar-refractivity contribution in [2.45, 2.75) is 89.8 Å². The molecular weight excluding hydrogens is 504 g/mol. The SMILES string of the molecule is CCCCCC1COC(c2ccc(C3=CCC(C4CCC(c5cc(F)c(F)c(F)c5)CC4)CC3)c(F)c2)OC1. The Morgan fingerprint density at radius 2 is 1.46 bits per heavy atom. The lowest BCUT2D eigenvalue weighted by Gasteiger charge is -2.36. The summed E-state index contributed by atoms with van der Waals surface area (Å²) < 4.78 is 67.7. The van der Waals surface area contributed by atoms with Crippen molar-refractivity contribution in [1.29, 1.82) is 0 Å². The van der Waals surface area contributed by atoms with Crippen molar-refractivity contribution in [3.05, 3.63) is 76.4 Å². The van der Waals surface area contributed by atoms with Crippen molar-refractivity contribution < 1.29 is 27.0 Å². The summed E-state index contributed by atoms with van der Waals surface area (Å²) in [6, 6.07) is 7.65. The maximum Gasteiger partial charge on any atom is 0.194 e. The lowest BCUT2D eigenvalue weighted by Crippen LogP contribution is -2.27. The van der Waals surface area contributed by atoms with Gasteiger partial charge in [-0.3, -0.25) is 0 Å². The Morgan fingerprint density at radius 1 is 0.769 bits per heavy atom. The zero-order valence-electron chi connectivity index (χ0n) is 22.9. The number of unbranched alkanes of at least 4 members (excludes halogenated alkanes) is 2. The molecule has 0 amide bonds. The highest BCUT2D eigenvalue weighted by molar-refractivity contribution is 5.67. The molecule has 0 N–H and O–H groups in total. The first-order chi connectivity index (χ1) is 18.9. The second kappa shape index (κ2) is 13.0. The summed E-state index contributed by atoms with van der Waals surface area (Å²) in [6.07, 6.45) is 12.9. The quantitative estimate of drug-likeness (QED) is 0.187. The average Bonchev–Trinajstić information content (AvgIpc) is 2.96. The highest BCUT2D eigenvalue weighted by Crippen LogP contribution is 2.44. The molecule has 2 aliphatic carbocycles. The van der Waals surface area contributed by atoms with Crippen LogP contribution in [0.4, 0.5) is 17.6 Å². The van der Waals surface area contributed by atoms with E-state index in [1.165, 1.54) is 19.3 Å². The van der Waals surface area contributed by atoms with Gasteiger partial charge in [-0.15, -0.1) is 0 Å². The molecule has 1 unspecified atom stereocenters. The van der Waals surface area contributed by atoms with E-state index in [9.17, 15) is 13.2 Å². The monoisotopic (exact) mass is 544 g/mol. The van der Waals surface area contributed by atoms with Gasteiger partial charge in [0, 0.05) is 17.0 Å². The van der Waals surface area contributed by atoms with Gasteiger partial charge >= 0.3 is 0 Å². The predicted octanol–water partition coefficient (Wildman–Crippen LogP) is 9.64. The molecule has 2 nitrogen and oxygen atoms in total. The topological polar surface area (TPSA) is 18.5 Å². The van der Waals surface area contributed by atoms with Crippen molar-refractivity contribution in [3.8, 4) is 0 Å². The lowest BCUT2D eigenvalue weighted by atomic mass is 9.70. The molecule has 1 atom stereocenters. The van der Waals surface area contributed by atoms with Crippen LogP contribution in [0.25, 0.3) is 5.57 Å². The van der Waals surface area contributed by atoms with E-state index in [0.717, 1.165) is 74.6 Å². The smallest absolute Gasteiger partial charge is 0.194 e. The van der Waals surface area contributed by atoms with Crippen LogP contribution in [0, 0.1) is 41.0 Å². The fourth-order valence-electron chi connectivity index (χ4n) is 6.79. The van der Waals surface area contributed by atoms with Crippen molar-refractivity contribution in [2.24, 2.45) is 17.8 Å². The van der Waals surface area contributed by atoms with Crippen molar-refractivity contribution in [1.82, 2.24) is 0 Å². The molecular formula is C33H40F4O2. The molecule has 39 heavy (non-hydrogen) atoms. The third-order valence-corrected chi connectivity index (χ3v) is 9.16. The molecule has 3 aliphatic rings. The van der Waals surface area contributed by atoms with Crippen LogP contribution >= 0.6 is 0 Å². The van der Waals surface area contributed by atoms with E-state index in [0.29, 0.717) is 42.1 Å². The molecule has 212 valence electrons. The van der Waals surface area contributed by atoms with E-state index in [4.69, 9.17) is 9.47 Å². The minimum atomic E-state index is -1.40. The largest absolute Gasteiger partial charge is 0.348 e. The molecule has 6 heteroatoms. The van der Waals surface area contributed by atoms with Gasteiger partial charge in [0.15, 0.2) is 23.7 Å². The second-order valence-corrected chi connectivity index (χ2v) is 11.8. The maximum absolute atomic E-state index is 15.2. The van der Waals surface area contributed by atoms with Crippen LogP contribution < -0.4 is 0 Å². The maximum atomic E-state index is 15.2. The summed E-state index contributed by atoms with van der Waals surface area (Å²) in [5.74, 6) is -2.27. The van der Waals surface area contributed by atoms with Crippen molar-refractivity contribution in [3.63, 3.8) is 0 Å². The van der Waals surface area contributed by atoms with Gasteiger partial charge in [-0.1, -0.05) is 44.4 Å². The number of hydrogen-bond acceptors (Lipinski definition) is 2. The lowest BCUT2D eigenvalue weighted by molar-refractivity contribution is -0.206. The van der Waals surface area contributed by atoms with Gasteiger partial charge in [0.1, 0.15) is 5.82 Å². The molecule has 1 aliphatic heterocycles. The molecule has 5 rings (SSSR count). The molecule has 1 saturated heterocycles. The molecule has 1 saturated carbocycles. The molecule has 0 aromatic heterocycles. The van der Waals surface area contributed by atoms with Gasteiger partial charge < -0.3 is 9.47 Å².